The van der Waals surface area contributed by atoms with E-state index in [4.69, 9.17) is 28.9 Å². The Hall–Kier alpha value is -2.66. The van der Waals surface area contributed by atoms with Crippen LogP contribution in [0.2, 0.25) is 10.0 Å². The predicted octanol–water partition coefficient (Wildman–Crippen LogP) is 7.27. The average molecular weight is 456 g/mol. The zero-order valence-corrected chi connectivity index (χ0v) is 18.0. The molecule has 0 bridgehead atoms. The Kier molecular flexibility index (Phi) is 5.91. The van der Waals surface area contributed by atoms with Gasteiger partial charge in [0.1, 0.15) is 5.82 Å². The third kappa shape index (κ3) is 4.26. The van der Waals surface area contributed by atoms with Gasteiger partial charge in [-0.3, -0.25) is 4.79 Å². The maximum absolute atomic E-state index is 13.5. The van der Waals surface area contributed by atoms with E-state index in [9.17, 15) is 9.18 Å². The smallest absolute Gasteiger partial charge is 0.196 e. The molecule has 2 N–H and O–H groups in total. The summed E-state index contributed by atoms with van der Waals surface area (Å²) < 4.78 is 13.5. The lowest BCUT2D eigenvalue weighted by atomic mass is 9.94. The maximum atomic E-state index is 13.5. The van der Waals surface area contributed by atoms with Crippen LogP contribution < -0.4 is 5.73 Å². The lowest BCUT2D eigenvalue weighted by molar-refractivity contribution is 0.103. The largest absolute Gasteiger partial charge is 0.390 e. The van der Waals surface area contributed by atoms with Crippen molar-refractivity contribution in [2.24, 2.45) is 0 Å². The minimum atomic E-state index is -0.319. The van der Waals surface area contributed by atoms with Crippen LogP contribution >= 0.6 is 34.5 Å². The second-order valence-electron chi connectivity index (χ2n) is 6.80. The van der Waals surface area contributed by atoms with Crippen molar-refractivity contribution in [2.75, 3.05) is 5.73 Å². The third-order valence-electron chi connectivity index (χ3n) is 4.77. The molecule has 150 valence electrons. The van der Waals surface area contributed by atoms with E-state index in [-0.39, 0.29) is 11.6 Å². The highest BCUT2D eigenvalue weighted by atomic mass is 35.5. The molecule has 4 aromatic rings. The van der Waals surface area contributed by atoms with Gasteiger partial charge in [-0.05, 0) is 71.6 Å². The Morgan fingerprint density at radius 1 is 0.867 bits per heavy atom. The summed E-state index contributed by atoms with van der Waals surface area (Å²) in [6, 6.07) is 20.4. The first-order valence-electron chi connectivity index (χ1n) is 9.14. The molecule has 0 saturated carbocycles. The van der Waals surface area contributed by atoms with Crippen LogP contribution in [0.1, 0.15) is 27.0 Å². The molecule has 0 aliphatic rings. The summed E-state index contributed by atoms with van der Waals surface area (Å²) in [4.78, 5) is 14.2. The standard InChI is InChI=1S/C24H16Cl2FNOS/c25-17-7-1-14(2-8-17)13-20-21(22(29)15-3-9-18(26)10-4-15)24(28)30-23(20)16-5-11-19(27)12-6-16/h1-12H,13,28H2. The molecule has 0 unspecified atom stereocenters. The number of rotatable bonds is 5. The first-order chi connectivity index (χ1) is 14.4. The first-order valence-corrected chi connectivity index (χ1v) is 10.7. The van der Waals surface area contributed by atoms with Crippen molar-refractivity contribution in [3.8, 4) is 10.4 Å². The molecule has 0 aliphatic carbocycles. The Balaban J connectivity index is 1.85. The molecule has 1 aromatic heterocycles. The summed E-state index contributed by atoms with van der Waals surface area (Å²) in [6.45, 7) is 0. The van der Waals surface area contributed by atoms with Crippen LogP contribution in [0.3, 0.4) is 0 Å². The molecule has 0 atom stereocenters. The SMILES string of the molecule is Nc1sc(-c2ccc(F)cc2)c(Cc2ccc(Cl)cc2)c1C(=O)c1ccc(Cl)cc1. The molecular formula is C24H16Cl2FNOS. The van der Waals surface area contributed by atoms with Gasteiger partial charge in [-0.15, -0.1) is 11.3 Å². The lowest BCUT2D eigenvalue weighted by Gasteiger charge is -2.09. The maximum Gasteiger partial charge on any atom is 0.196 e. The van der Waals surface area contributed by atoms with Crippen LogP contribution in [0.15, 0.2) is 72.8 Å². The molecule has 0 fully saturated rings. The van der Waals surface area contributed by atoms with E-state index in [1.807, 2.05) is 24.3 Å². The molecule has 3 aromatic carbocycles. The van der Waals surface area contributed by atoms with Crippen molar-refractivity contribution in [1.82, 2.24) is 0 Å². The zero-order chi connectivity index (χ0) is 21.3. The van der Waals surface area contributed by atoms with E-state index in [0.717, 1.165) is 21.6 Å². The number of carbonyl (C=O) groups excluding carboxylic acids is 1. The fourth-order valence-electron chi connectivity index (χ4n) is 3.29. The van der Waals surface area contributed by atoms with Gasteiger partial charge in [0.05, 0.1) is 10.6 Å². The number of hydrogen-bond donors (Lipinski definition) is 1. The van der Waals surface area contributed by atoms with Gasteiger partial charge in [-0.1, -0.05) is 47.5 Å². The summed E-state index contributed by atoms with van der Waals surface area (Å²) in [5, 5.41) is 1.62. The fraction of sp³-hybridized carbons (Fsp3) is 0.0417. The van der Waals surface area contributed by atoms with Gasteiger partial charge in [0.2, 0.25) is 0 Å². The first kappa shape index (κ1) is 20.6. The molecule has 1 heterocycles. The molecule has 0 aliphatic heterocycles. The number of nitrogens with two attached hydrogens (primary N) is 1. The molecule has 0 saturated heterocycles. The molecular weight excluding hydrogens is 440 g/mol. The number of benzene rings is 3. The Morgan fingerprint density at radius 2 is 1.43 bits per heavy atom. The molecule has 0 spiro atoms. The highest BCUT2D eigenvalue weighted by Crippen LogP contribution is 2.41. The molecule has 30 heavy (non-hydrogen) atoms. The highest BCUT2D eigenvalue weighted by molar-refractivity contribution is 7.20. The summed E-state index contributed by atoms with van der Waals surface area (Å²) in [7, 11) is 0. The van der Waals surface area contributed by atoms with Crippen molar-refractivity contribution >= 4 is 45.3 Å². The lowest BCUT2D eigenvalue weighted by Crippen LogP contribution is -2.07. The van der Waals surface area contributed by atoms with Gasteiger partial charge in [-0.25, -0.2) is 4.39 Å². The summed E-state index contributed by atoms with van der Waals surface area (Å²) in [5.74, 6) is -0.488. The second-order valence-corrected chi connectivity index (χ2v) is 8.72. The van der Waals surface area contributed by atoms with Crippen LogP contribution in [0, 0.1) is 5.82 Å². The van der Waals surface area contributed by atoms with E-state index >= 15 is 0 Å². The van der Waals surface area contributed by atoms with Crippen LogP contribution in [-0.4, -0.2) is 5.78 Å². The Bertz CT molecular complexity index is 1200. The fourth-order valence-corrected chi connectivity index (χ4v) is 4.63. The van der Waals surface area contributed by atoms with Crippen molar-refractivity contribution in [2.45, 2.75) is 6.42 Å². The normalized spacial score (nSPS) is 10.9. The Morgan fingerprint density at radius 3 is 2.03 bits per heavy atom. The number of hydrogen-bond acceptors (Lipinski definition) is 3. The van der Waals surface area contributed by atoms with Gasteiger partial charge in [0, 0.05) is 20.5 Å². The van der Waals surface area contributed by atoms with Gasteiger partial charge >= 0.3 is 0 Å². The van der Waals surface area contributed by atoms with Crippen LogP contribution in [0.4, 0.5) is 9.39 Å². The van der Waals surface area contributed by atoms with Crippen LogP contribution in [0.5, 0.6) is 0 Å². The molecule has 0 radical (unpaired) electrons. The van der Waals surface area contributed by atoms with Crippen molar-refractivity contribution in [1.29, 1.82) is 0 Å². The highest BCUT2D eigenvalue weighted by Gasteiger charge is 2.24. The number of ketones is 1. The van der Waals surface area contributed by atoms with Crippen LogP contribution in [-0.2, 0) is 6.42 Å². The van der Waals surface area contributed by atoms with E-state index in [1.165, 1.54) is 23.5 Å². The van der Waals surface area contributed by atoms with E-state index in [1.54, 1.807) is 36.4 Å². The van der Waals surface area contributed by atoms with Crippen molar-refractivity contribution < 1.29 is 9.18 Å². The summed E-state index contributed by atoms with van der Waals surface area (Å²) >= 11 is 13.3. The second kappa shape index (κ2) is 8.60. The third-order valence-corrected chi connectivity index (χ3v) is 6.38. The Labute approximate surface area is 187 Å². The van der Waals surface area contributed by atoms with Crippen molar-refractivity contribution in [3.63, 3.8) is 0 Å². The van der Waals surface area contributed by atoms with Gasteiger partial charge in [0.15, 0.2) is 5.78 Å². The van der Waals surface area contributed by atoms with Gasteiger partial charge < -0.3 is 5.73 Å². The van der Waals surface area contributed by atoms with E-state index < -0.39 is 0 Å². The van der Waals surface area contributed by atoms with Crippen LogP contribution in [0.25, 0.3) is 10.4 Å². The molecule has 0 amide bonds. The number of carbonyl (C=O) groups is 1. The van der Waals surface area contributed by atoms with Gasteiger partial charge in [-0.2, -0.15) is 0 Å². The minimum absolute atomic E-state index is 0.169. The van der Waals surface area contributed by atoms with Gasteiger partial charge in [0.25, 0.3) is 0 Å². The number of anilines is 1. The zero-order valence-electron chi connectivity index (χ0n) is 15.7. The van der Waals surface area contributed by atoms with E-state index in [0.29, 0.717) is 32.6 Å². The quantitative estimate of drug-likeness (QED) is 0.321. The number of halogens is 3. The average Bonchev–Trinajstić information content (AvgIpc) is 3.06. The molecule has 2 nitrogen and oxygen atoms in total. The molecule has 4 rings (SSSR count). The predicted molar refractivity (Wildman–Crippen MR) is 123 cm³/mol. The minimum Gasteiger partial charge on any atom is -0.390 e. The summed E-state index contributed by atoms with van der Waals surface area (Å²) in [5.41, 5.74) is 9.92. The van der Waals surface area contributed by atoms with E-state index in [2.05, 4.69) is 0 Å². The van der Waals surface area contributed by atoms with Crippen molar-refractivity contribution in [3.05, 3.63) is 111 Å². The topological polar surface area (TPSA) is 43.1 Å². The summed E-state index contributed by atoms with van der Waals surface area (Å²) in [6.07, 6.45) is 0.492. The molecule has 6 heteroatoms. The number of thiophene rings is 1. The monoisotopic (exact) mass is 455 g/mol. The number of nitrogen functional groups attached to an aromatic ring is 1.